The SMILES string of the molecule is C[C@@H](COc1ccnc2c1[C@H](C)CCC2)CC1Cc2ccc(OCCCCN(CCc3ccccc3)C(=O)OC(C)(C)C)cc2C12CCC(Nc1cccc(Cl)c1)(C(=O)O)CC2. The van der Waals surface area contributed by atoms with Crippen molar-refractivity contribution < 1.29 is 28.9 Å². The molecule has 1 amide bonds. The van der Waals surface area contributed by atoms with Gasteiger partial charge in [0.25, 0.3) is 0 Å². The van der Waals surface area contributed by atoms with Crippen molar-refractivity contribution in [3.05, 3.63) is 118 Å². The molecule has 9 nitrogen and oxygen atoms in total. The van der Waals surface area contributed by atoms with Gasteiger partial charge in [-0.1, -0.05) is 67.9 Å². The Bertz CT molecular complexity index is 2150. The summed E-state index contributed by atoms with van der Waals surface area (Å²) in [6.45, 7) is 12.6. The minimum Gasteiger partial charge on any atom is -0.494 e. The number of carboxylic acid groups (broad SMARTS) is 1. The molecule has 0 radical (unpaired) electrons. The second kappa shape index (κ2) is 19.7. The Morgan fingerprint density at radius 1 is 0.968 bits per heavy atom. The third-order valence-corrected chi connectivity index (χ3v) is 13.8. The van der Waals surface area contributed by atoms with Gasteiger partial charge in [-0.2, -0.15) is 0 Å². The minimum atomic E-state index is -1.10. The number of aryl methyl sites for hydroxylation is 1. The van der Waals surface area contributed by atoms with Gasteiger partial charge in [0, 0.05) is 41.3 Å². The summed E-state index contributed by atoms with van der Waals surface area (Å²) < 4.78 is 18.9. The Kier molecular flexibility index (Phi) is 14.4. The summed E-state index contributed by atoms with van der Waals surface area (Å²) in [7, 11) is 0. The first kappa shape index (κ1) is 45.3. The first-order valence-corrected chi connectivity index (χ1v) is 23.3. The molecule has 2 N–H and O–H groups in total. The van der Waals surface area contributed by atoms with E-state index in [1.807, 2.05) is 68.3 Å². The fourth-order valence-corrected chi connectivity index (χ4v) is 10.5. The molecule has 10 heteroatoms. The molecule has 7 rings (SSSR count). The van der Waals surface area contributed by atoms with Crippen LogP contribution in [0.5, 0.6) is 11.5 Å². The van der Waals surface area contributed by atoms with Crippen LogP contribution in [0.15, 0.2) is 85.1 Å². The molecule has 1 saturated carbocycles. The first-order valence-electron chi connectivity index (χ1n) is 22.9. The molecular formula is C52H66ClN3O6. The second-order valence-corrected chi connectivity index (χ2v) is 19.7. The quantitative estimate of drug-likeness (QED) is 0.101. The summed E-state index contributed by atoms with van der Waals surface area (Å²) in [6.07, 6.45) is 11.6. The number of hydrogen-bond acceptors (Lipinski definition) is 7. The van der Waals surface area contributed by atoms with Gasteiger partial charge in [0.1, 0.15) is 22.6 Å². The number of carbonyl (C=O) groups excluding carboxylic acids is 1. The van der Waals surface area contributed by atoms with Gasteiger partial charge in [-0.05, 0) is 174 Å². The van der Waals surface area contributed by atoms with Crippen LogP contribution in [-0.2, 0) is 34.2 Å². The van der Waals surface area contributed by atoms with E-state index >= 15 is 0 Å². The van der Waals surface area contributed by atoms with Gasteiger partial charge >= 0.3 is 12.1 Å². The number of hydrogen-bond donors (Lipinski definition) is 2. The number of pyridine rings is 1. The lowest BCUT2D eigenvalue weighted by Gasteiger charge is -2.47. The molecule has 1 spiro atoms. The maximum atomic E-state index is 13.2. The highest BCUT2D eigenvalue weighted by Crippen LogP contribution is 2.57. The van der Waals surface area contributed by atoms with Crippen LogP contribution in [-0.4, -0.2) is 64.5 Å². The van der Waals surface area contributed by atoms with Crippen molar-refractivity contribution in [2.24, 2.45) is 11.8 Å². The van der Waals surface area contributed by atoms with Gasteiger partial charge < -0.3 is 29.5 Å². The lowest BCUT2D eigenvalue weighted by molar-refractivity contribution is -0.144. The molecule has 3 aliphatic rings. The zero-order chi connectivity index (χ0) is 43.9. The summed E-state index contributed by atoms with van der Waals surface area (Å²) in [6, 6.07) is 26.2. The van der Waals surface area contributed by atoms with Gasteiger partial charge in [0.05, 0.1) is 13.2 Å². The molecule has 1 fully saturated rings. The van der Waals surface area contributed by atoms with Crippen molar-refractivity contribution in [2.75, 3.05) is 31.6 Å². The highest BCUT2D eigenvalue weighted by molar-refractivity contribution is 6.30. The monoisotopic (exact) mass is 863 g/mol. The topological polar surface area (TPSA) is 110 Å². The van der Waals surface area contributed by atoms with Gasteiger partial charge in [-0.3, -0.25) is 4.98 Å². The third-order valence-electron chi connectivity index (χ3n) is 13.5. The summed E-state index contributed by atoms with van der Waals surface area (Å²) in [5, 5.41) is 14.7. The van der Waals surface area contributed by atoms with Crippen LogP contribution in [0.2, 0.25) is 5.02 Å². The third kappa shape index (κ3) is 10.9. The van der Waals surface area contributed by atoms with Crippen LogP contribution >= 0.6 is 11.6 Å². The summed E-state index contributed by atoms with van der Waals surface area (Å²) in [5.41, 5.74) is 5.11. The van der Waals surface area contributed by atoms with E-state index in [1.165, 1.54) is 34.4 Å². The highest BCUT2D eigenvalue weighted by atomic mass is 35.5. The Hall–Kier alpha value is -4.76. The largest absolute Gasteiger partial charge is 0.494 e. The predicted molar refractivity (Wildman–Crippen MR) is 247 cm³/mol. The number of halogens is 1. The zero-order valence-corrected chi connectivity index (χ0v) is 38.1. The molecule has 1 heterocycles. The van der Waals surface area contributed by atoms with Crippen molar-refractivity contribution in [2.45, 2.75) is 134 Å². The number of rotatable bonds is 17. The van der Waals surface area contributed by atoms with E-state index in [4.69, 9.17) is 25.8 Å². The van der Waals surface area contributed by atoms with E-state index in [1.54, 1.807) is 12.1 Å². The van der Waals surface area contributed by atoms with Crippen LogP contribution in [0.3, 0.4) is 0 Å². The van der Waals surface area contributed by atoms with Crippen molar-refractivity contribution >= 4 is 29.4 Å². The first-order chi connectivity index (χ1) is 29.7. The van der Waals surface area contributed by atoms with Crippen LogP contribution in [0.25, 0.3) is 0 Å². The molecule has 0 bridgehead atoms. The van der Waals surface area contributed by atoms with Crippen LogP contribution in [0, 0.1) is 11.8 Å². The minimum absolute atomic E-state index is 0.199. The number of anilines is 1. The average molecular weight is 865 g/mol. The lowest BCUT2D eigenvalue weighted by Crippen LogP contribution is -2.53. The van der Waals surface area contributed by atoms with E-state index in [2.05, 4.69) is 54.5 Å². The maximum Gasteiger partial charge on any atom is 0.410 e. The van der Waals surface area contributed by atoms with Gasteiger partial charge in [0.2, 0.25) is 0 Å². The molecule has 3 atom stereocenters. The number of carbonyl (C=O) groups is 2. The fraction of sp³-hybridized carbons (Fsp3) is 0.519. The number of amides is 1. The molecule has 3 aliphatic carbocycles. The van der Waals surface area contributed by atoms with E-state index in [0.717, 1.165) is 75.0 Å². The van der Waals surface area contributed by atoms with Gasteiger partial charge in [-0.25, -0.2) is 9.59 Å². The van der Waals surface area contributed by atoms with Gasteiger partial charge in [0.15, 0.2) is 0 Å². The average Bonchev–Trinajstić information content (AvgIpc) is 3.52. The molecule has 0 aliphatic heterocycles. The summed E-state index contributed by atoms with van der Waals surface area (Å²) in [5.74, 6) is 2.02. The van der Waals surface area contributed by atoms with E-state index < -0.39 is 17.1 Å². The van der Waals surface area contributed by atoms with E-state index in [9.17, 15) is 14.7 Å². The van der Waals surface area contributed by atoms with Crippen molar-refractivity contribution in [3.63, 3.8) is 0 Å². The van der Waals surface area contributed by atoms with Crippen LogP contribution < -0.4 is 14.8 Å². The molecule has 62 heavy (non-hydrogen) atoms. The van der Waals surface area contributed by atoms with Crippen molar-refractivity contribution in [1.29, 1.82) is 0 Å². The molecule has 1 unspecified atom stereocenters. The molecule has 332 valence electrons. The number of unbranched alkanes of at least 4 members (excludes halogenated alkanes) is 1. The highest BCUT2D eigenvalue weighted by Gasteiger charge is 2.54. The smallest absolute Gasteiger partial charge is 0.410 e. The summed E-state index contributed by atoms with van der Waals surface area (Å²) >= 11 is 6.33. The lowest BCUT2D eigenvalue weighted by atomic mass is 9.59. The van der Waals surface area contributed by atoms with Crippen molar-refractivity contribution in [3.8, 4) is 11.5 Å². The van der Waals surface area contributed by atoms with E-state index in [-0.39, 0.29) is 17.4 Å². The molecule has 1 aromatic heterocycles. The molecule has 0 saturated heterocycles. The number of carboxylic acids is 1. The Labute approximate surface area is 373 Å². The molecule has 3 aromatic carbocycles. The van der Waals surface area contributed by atoms with E-state index in [0.29, 0.717) is 56.0 Å². The summed E-state index contributed by atoms with van der Waals surface area (Å²) in [4.78, 5) is 32.8. The number of aliphatic carboxylic acids is 1. The van der Waals surface area contributed by atoms with Crippen LogP contribution in [0.1, 0.15) is 126 Å². The fourth-order valence-electron chi connectivity index (χ4n) is 10.3. The van der Waals surface area contributed by atoms with Gasteiger partial charge in [-0.15, -0.1) is 0 Å². The number of aromatic nitrogens is 1. The second-order valence-electron chi connectivity index (χ2n) is 19.3. The Morgan fingerprint density at radius 2 is 1.76 bits per heavy atom. The Balaban J connectivity index is 1.04. The molecule has 4 aromatic rings. The molecular weight excluding hydrogens is 798 g/mol. The maximum absolute atomic E-state index is 13.2. The number of fused-ring (bicyclic) bond motifs is 3. The number of nitrogens with one attached hydrogen (secondary N) is 1. The predicted octanol–water partition coefficient (Wildman–Crippen LogP) is 11.8. The van der Waals surface area contributed by atoms with Crippen LogP contribution in [0.4, 0.5) is 10.5 Å². The number of ether oxygens (including phenoxy) is 3. The van der Waals surface area contributed by atoms with Crippen molar-refractivity contribution in [1.82, 2.24) is 9.88 Å². The zero-order valence-electron chi connectivity index (χ0n) is 37.4. The standard InChI is InChI=1S/C52H66ClN3O6/c1-36(35-61-46-21-27-54-45-18-11-13-37(2)47(45)46)31-40-32-39-19-20-43(60-30-10-9-28-56(49(59)62-50(3,4)5)29-22-38-14-7-6-8-15-38)34-44(39)51(40)23-25-52(26-24-51,48(57)58)55-42-17-12-16-41(53)33-42/h6-8,12,14-17,19-21,27,33-34,36-37,40,55H,9-11,13,18,22-26,28-32,35H2,1-5H3,(H,57,58)/t36-,37-,40?,51?,52?/m1/s1. The number of nitrogens with zero attached hydrogens (tertiary/aromatic N) is 2. The normalized spacial score (nSPS) is 22.3. The Morgan fingerprint density at radius 3 is 2.50 bits per heavy atom. The number of benzene rings is 3.